The summed E-state index contributed by atoms with van der Waals surface area (Å²) in [7, 11) is 0. The lowest BCUT2D eigenvalue weighted by atomic mass is 9.49. The lowest BCUT2D eigenvalue weighted by molar-refractivity contribution is -0.146. The summed E-state index contributed by atoms with van der Waals surface area (Å²) < 4.78 is 2.15. The SMILES string of the molecule is O=C(CCNC(=O)C12CC3CC(CC(C3)C1)C2)NCc1nnc2n1CCCCC2. The van der Waals surface area contributed by atoms with Crippen LogP contribution in [-0.2, 0) is 29.1 Å². The summed E-state index contributed by atoms with van der Waals surface area (Å²) in [6, 6.07) is 0. The number of aryl methyl sites for hydroxylation is 1. The number of fused-ring (bicyclic) bond motifs is 1. The molecular weight excluding hydrogens is 366 g/mol. The molecule has 0 atom stereocenters. The van der Waals surface area contributed by atoms with Gasteiger partial charge in [-0.2, -0.15) is 0 Å². The van der Waals surface area contributed by atoms with Gasteiger partial charge in [0.15, 0.2) is 5.82 Å². The van der Waals surface area contributed by atoms with E-state index in [1.807, 2.05) is 0 Å². The predicted octanol–water partition coefficient (Wildman–Crippen LogP) is 2.34. The van der Waals surface area contributed by atoms with Crippen molar-refractivity contribution in [1.29, 1.82) is 0 Å². The first kappa shape index (κ1) is 19.1. The highest BCUT2D eigenvalue weighted by molar-refractivity contribution is 5.84. The van der Waals surface area contributed by atoms with Crippen LogP contribution in [0.2, 0.25) is 0 Å². The molecule has 1 aliphatic heterocycles. The van der Waals surface area contributed by atoms with E-state index in [1.165, 1.54) is 25.7 Å². The van der Waals surface area contributed by atoms with Crippen LogP contribution in [0.3, 0.4) is 0 Å². The van der Waals surface area contributed by atoms with E-state index < -0.39 is 0 Å². The van der Waals surface area contributed by atoms with Crippen LogP contribution < -0.4 is 10.6 Å². The quantitative estimate of drug-likeness (QED) is 0.768. The number of rotatable bonds is 6. The van der Waals surface area contributed by atoms with Gasteiger partial charge >= 0.3 is 0 Å². The van der Waals surface area contributed by atoms with Crippen LogP contribution >= 0.6 is 0 Å². The highest BCUT2D eigenvalue weighted by Gasteiger charge is 2.54. The summed E-state index contributed by atoms with van der Waals surface area (Å²) in [5.41, 5.74) is -0.135. The molecule has 2 heterocycles. The van der Waals surface area contributed by atoms with Gasteiger partial charge in [0, 0.05) is 31.3 Å². The van der Waals surface area contributed by atoms with Crippen LogP contribution in [0.4, 0.5) is 0 Å². The summed E-state index contributed by atoms with van der Waals surface area (Å²) in [4.78, 5) is 25.2. The molecule has 4 bridgehead atoms. The zero-order valence-electron chi connectivity index (χ0n) is 17.3. The fraction of sp³-hybridized carbons (Fsp3) is 0.818. The van der Waals surface area contributed by atoms with Crippen LogP contribution in [-0.4, -0.2) is 33.1 Å². The van der Waals surface area contributed by atoms with Gasteiger partial charge in [0.05, 0.1) is 6.54 Å². The zero-order valence-corrected chi connectivity index (χ0v) is 17.3. The Balaban J connectivity index is 1.08. The van der Waals surface area contributed by atoms with E-state index in [2.05, 4.69) is 25.4 Å². The van der Waals surface area contributed by atoms with Crippen LogP contribution in [0.15, 0.2) is 0 Å². The molecule has 4 aliphatic carbocycles. The van der Waals surface area contributed by atoms with Crippen LogP contribution in [0.25, 0.3) is 0 Å². The molecule has 1 aromatic heterocycles. The van der Waals surface area contributed by atoms with E-state index in [0.29, 0.717) is 19.5 Å². The van der Waals surface area contributed by atoms with Gasteiger partial charge in [-0.1, -0.05) is 6.42 Å². The van der Waals surface area contributed by atoms with E-state index in [0.717, 1.165) is 74.5 Å². The van der Waals surface area contributed by atoms with Gasteiger partial charge in [0.2, 0.25) is 11.8 Å². The van der Waals surface area contributed by atoms with Crippen molar-refractivity contribution < 1.29 is 9.59 Å². The lowest BCUT2D eigenvalue weighted by Gasteiger charge is -2.55. The van der Waals surface area contributed by atoms with Crippen molar-refractivity contribution in [2.75, 3.05) is 6.54 Å². The molecule has 0 spiro atoms. The number of aromatic nitrogens is 3. The maximum Gasteiger partial charge on any atom is 0.226 e. The van der Waals surface area contributed by atoms with Crippen molar-refractivity contribution in [2.24, 2.45) is 23.2 Å². The van der Waals surface area contributed by atoms with Gasteiger partial charge in [-0.25, -0.2) is 0 Å². The van der Waals surface area contributed by atoms with Crippen LogP contribution in [0.5, 0.6) is 0 Å². The van der Waals surface area contributed by atoms with Crippen molar-refractivity contribution in [2.45, 2.75) is 83.7 Å². The Morgan fingerprint density at radius 2 is 1.69 bits per heavy atom. The summed E-state index contributed by atoms with van der Waals surface area (Å²) in [6.45, 7) is 1.77. The van der Waals surface area contributed by atoms with Crippen molar-refractivity contribution >= 4 is 11.8 Å². The molecule has 0 unspecified atom stereocenters. The second kappa shape index (κ2) is 7.73. The molecule has 0 radical (unpaired) electrons. The minimum Gasteiger partial charge on any atom is -0.355 e. The summed E-state index contributed by atoms with van der Waals surface area (Å²) in [5.74, 6) is 4.31. The summed E-state index contributed by atoms with van der Waals surface area (Å²) in [6.07, 6.45) is 12.0. The first-order valence-corrected chi connectivity index (χ1v) is 11.6. The van der Waals surface area contributed by atoms with E-state index in [1.54, 1.807) is 0 Å². The third kappa shape index (κ3) is 3.80. The van der Waals surface area contributed by atoms with Crippen LogP contribution in [0.1, 0.15) is 75.9 Å². The smallest absolute Gasteiger partial charge is 0.226 e. The number of amides is 2. The van der Waals surface area contributed by atoms with Crippen LogP contribution in [0, 0.1) is 23.2 Å². The largest absolute Gasteiger partial charge is 0.355 e. The molecule has 6 rings (SSSR count). The Bertz CT molecular complexity index is 751. The maximum atomic E-state index is 13.0. The average molecular weight is 400 g/mol. The molecule has 7 nitrogen and oxygen atoms in total. The monoisotopic (exact) mass is 399 g/mol. The molecular formula is C22H33N5O2. The van der Waals surface area contributed by atoms with E-state index in [-0.39, 0.29) is 17.2 Å². The second-order valence-corrected chi connectivity index (χ2v) is 9.98. The predicted molar refractivity (Wildman–Crippen MR) is 108 cm³/mol. The van der Waals surface area contributed by atoms with Gasteiger partial charge in [-0.15, -0.1) is 10.2 Å². The number of hydrogen-bond acceptors (Lipinski definition) is 4. The number of carbonyl (C=O) groups excluding carboxylic acids is 2. The molecule has 1 aromatic rings. The van der Waals surface area contributed by atoms with Crippen molar-refractivity contribution in [1.82, 2.24) is 25.4 Å². The fourth-order valence-corrected chi connectivity index (χ4v) is 6.81. The number of hydrogen-bond donors (Lipinski definition) is 2. The van der Waals surface area contributed by atoms with E-state index in [9.17, 15) is 9.59 Å². The highest BCUT2D eigenvalue weighted by atomic mass is 16.2. The number of carbonyl (C=O) groups is 2. The molecule has 29 heavy (non-hydrogen) atoms. The molecule has 2 amide bonds. The maximum absolute atomic E-state index is 13.0. The summed E-state index contributed by atoms with van der Waals surface area (Å²) >= 11 is 0. The first-order valence-electron chi connectivity index (χ1n) is 11.6. The molecule has 7 heteroatoms. The Kier molecular flexibility index (Phi) is 5.08. The molecule has 4 saturated carbocycles. The van der Waals surface area contributed by atoms with Gasteiger partial charge < -0.3 is 15.2 Å². The van der Waals surface area contributed by atoms with Crippen molar-refractivity contribution in [3.63, 3.8) is 0 Å². The molecule has 0 saturated heterocycles. The average Bonchev–Trinajstić information content (AvgIpc) is 2.91. The van der Waals surface area contributed by atoms with E-state index >= 15 is 0 Å². The van der Waals surface area contributed by atoms with Gasteiger partial charge in [-0.05, 0) is 69.1 Å². The Morgan fingerprint density at radius 3 is 2.41 bits per heavy atom. The van der Waals surface area contributed by atoms with Gasteiger partial charge in [-0.3, -0.25) is 9.59 Å². The minimum absolute atomic E-state index is 0.0400. The summed E-state index contributed by atoms with van der Waals surface area (Å²) in [5, 5.41) is 14.6. The first-order chi connectivity index (χ1) is 14.1. The standard InChI is InChI=1S/C22H33N5O2/c28-20(24-14-19-26-25-18-4-2-1-3-7-27(18)19)5-6-23-21(29)22-11-15-8-16(12-22)10-17(9-15)13-22/h15-17H,1-14H2,(H,23,29)(H,24,28). The number of nitrogens with one attached hydrogen (secondary N) is 2. The second-order valence-electron chi connectivity index (χ2n) is 9.98. The topological polar surface area (TPSA) is 88.9 Å². The number of nitrogens with zero attached hydrogens (tertiary/aromatic N) is 3. The molecule has 5 aliphatic rings. The van der Waals surface area contributed by atoms with Crippen molar-refractivity contribution in [3.8, 4) is 0 Å². The zero-order chi connectivity index (χ0) is 19.8. The van der Waals surface area contributed by atoms with Crippen molar-refractivity contribution in [3.05, 3.63) is 11.6 Å². The fourth-order valence-electron chi connectivity index (χ4n) is 6.81. The van der Waals surface area contributed by atoms with E-state index in [4.69, 9.17) is 0 Å². The molecule has 4 fully saturated rings. The lowest BCUT2D eigenvalue weighted by Crippen LogP contribution is -2.53. The molecule has 0 aromatic carbocycles. The Labute approximate surface area is 172 Å². The third-order valence-corrected chi connectivity index (χ3v) is 7.79. The van der Waals surface area contributed by atoms with Gasteiger partial charge in [0.1, 0.15) is 5.82 Å². The Morgan fingerprint density at radius 1 is 0.966 bits per heavy atom. The third-order valence-electron chi connectivity index (χ3n) is 7.79. The molecule has 2 N–H and O–H groups in total. The molecule has 158 valence electrons. The van der Waals surface area contributed by atoms with Gasteiger partial charge in [0.25, 0.3) is 0 Å². The Hall–Kier alpha value is -1.92. The normalized spacial score (nSPS) is 32.5. The highest BCUT2D eigenvalue weighted by Crippen LogP contribution is 2.60. The minimum atomic E-state index is -0.135.